The van der Waals surface area contributed by atoms with Crippen molar-refractivity contribution in [2.45, 2.75) is 4.90 Å². The van der Waals surface area contributed by atoms with E-state index in [1.807, 2.05) is 18.2 Å². The average Bonchev–Trinajstić information content (AvgIpc) is 2.88. The third-order valence-corrected chi connectivity index (χ3v) is 5.04. The van der Waals surface area contributed by atoms with Crippen LogP contribution < -0.4 is 20.6 Å². The largest absolute Gasteiger partial charge is 0.381 e. The molecular formula is C16H15N3O3S. The fraction of sp³-hybridized carbons (Fsp3) is 0.125. The first-order chi connectivity index (χ1) is 11.0. The Bertz CT molecular complexity index is 980. The van der Waals surface area contributed by atoms with Gasteiger partial charge in [-0.05, 0) is 37.4 Å². The summed E-state index contributed by atoms with van der Waals surface area (Å²) in [5, 5.41) is 4.64. The van der Waals surface area contributed by atoms with Gasteiger partial charge in [0, 0.05) is 23.0 Å². The summed E-state index contributed by atoms with van der Waals surface area (Å²) < 4.78 is 25.6. The van der Waals surface area contributed by atoms with Crippen LogP contribution in [0.1, 0.15) is 0 Å². The van der Waals surface area contributed by atoms with E-state index in [1.54, 1.807) is 18.2 Å². The summed E-state index contributed by atoms with van der Waals surface area (Å²) in [6, 6.07) is 13.7. The summed E-state index contributed by atoms with van der Waals surface area (Å²) in [5.41, 5.74) is 1.33. The number of sulfonamides is 1. The van der Waals surface area contributed by atoms with E-state index >= 15 is 0 Å². The topological polar surface area (TPSA) is 87.6 Å². The van der Waals surface area contributed by atoms with E-state index < -0.39 is 10.0 Å². The Morgan fingerprint density at radius 3 is 2.43 bits per heavy atom. The summed E-state index contributed by atoms with van der Waals surface area (Å²) in [7, 11) is -2.08. The molecule has 0 bridgehead atoms. The van der Waals surface area contributed by atoms with E-state index in [4.69, 9.17) is 0 Å². The molecule has 0 unspecified atom stereocenters. The summed E-state index contributed by atoms with van der Waals surface area (Å²) in [6.45, 7) is 0.331. The van der Waals surface area contributed by atoms with Crippen LogP contribution in [0, 0.1) is 0 Å². The predicted octanol–water partition coefficient (Wildman–Crippen LogP) is 0.0173. The summed E-state index contributed by atoms with van der Waals surface area (Å²) >= 11 is 0. The molecule has 0 aliphatic carbocycles. The van der Waals surface area contributed by atoms with Crippen LogP contribution in [0.15, 0.2) is 58.4 Å². The van der Waals surface area contributed by atoms with Crippen molar-refractivity contribution >= 4 is 27.2 Å². The van der Waals surface area contributed by atoms with E-state index in [9.17, 15) is 13.2 Å². The lowest BCUT2D eigenvalue weighted by atomic mass is 10.2. The molecular weight excluding hydrogens is 314 g/mol. The Balaban J connectivity index is 1.80. The van der Waals surface area contributed by atoms with Crippen LogP contribution in [-0.2, 0) is 14.8 Å². The zero-order valence-corrected chi connectivity index (χ0v) is 13.2. The first-order valence-corrected chi connectivity index (χ1v) is 8.48. The van der Waals surface area contributed by atoms with Gasteiger partial charge in [0.15, 0.2) is 0 Å². The standard InChI is InChI=1S/C16H15N3O3S/c1-17-23(21,22)12-8-6-11(7-9-12)18-10-14-13-4-2-3-5-15(13)19-16(14)20/h2-9,17-18H,10H2,1H3. The minimum Gasteiger partial charge on any atom is -0.381 e. The second kappa shape index (κ2) is 5.94. The Morgan fingerprint density at radius 1 is 1.04 bits per heavy atom. The lowest BCUT2D eigenvalue weighted by molar-refractivity contribution is -0.112. The lowest BCUT2D eigenvalue weighted by Crippen LogP contribution is -2.24. The van der Waals surface area contributed by atoms with Gasteiger partial charge >= 0.3 is 0 Å². The molecule has 1 aliphatic rings. The van der Waals surface area contributed by atoms with Gasteiger partial charge in [-0.1, -0.05) is 18.2 Å². The van der Waals surface area contributed by atoms with Crippen molar-refractivity contribution in [1.82, 2.24) is 4.72 Å². The summed E-state index contributed by atoms with van der Waals surface area (Å²) in [5.74, 6) is -0.243. The normalized spacial score (nSPS) is 13.6. The molecule has 118 valence electrons. The number of fused-ring (bicyclic) bond motifs is 1. The number of nitrogens with one attached hydrogen (secondary N) is 2. The first-order valence-electron chi connectivity index (χ1n) is 7.00. The maximum Gasteiger partial charge on any atom is 0.275 e. The van der Waals surface area contributed by atoms with E-state index in [-0.39, 0.29) is 10.8 Å². The van der Waals surface area contributed by atoms with Crippen molar-refractivity contribution in [3.63, 3.8) is 0 Å². The summed E-state index contributed by atoms with van der Waals surface area (Å²) in [6.07, 6.45) is 0. The molecule has 6 nitrogen and oxygen atoms in total. The highest BCUT2D eigenvalue weighted by atomic mass is 32.2. The van der Waals surface area contributed by atoms with Gasteiger partial charge < -0.3 is 5.32 Å². The molecule has 23 heavy (non-hydrogen) atoms. The Labute approximate surface area is 133 Å². The number of hydrogen-bond donors (Lipinski definition) is 2. The van der Waals surface area contributed by atoms with E-state index in [0.717, 1.165) is 10.9 Å². The number of amides is 1. The second-order valence-corrected chi connectivity index (χ2v) is 6.88. The fourth-order valence-electron chi connectivity index (χ4n) is 2.35. The molecule has 0 fully saturated rings. The van der Waals surface area contributed by atoms with Crippen molar-refractivity contribution in [2.75, 3.05) is 18.9 Å². The number of anilines is 1. The Hall–Kier alpha value is -2.51. The number of nitrogens with zero attached hydrogens (tertiary/aromatic N) is 1. The SMILES string of the molecule is CNS(=O)(=O)c1ccc(NCC2=c3ccccc3=NC2=O)cc1. The predicted molar refractivity (Wildman–Crippen MR) is 86.8 cm³/mol. The van der Waals surface area contributed by atoms with Crippen LogP contribution >= 0.6 is 0 Å². The van der Waals surface area contributed by atoms with Crippen LogP contribution in [0.4, 0.5) is 5.69 Å². The van der Waals surface area contributed by atoms with E-state index in [1.165, 1.54) is 19.2 Å². The molecule has 3 rings (SSSR count). The molecule has 0 spiro atoms. The van der Waals surface area contributed by atoms with Crippen molar-refractivity contribution in [3.05, 3.63) is 59.1 Å². The first kappa shape index (κ1) is 15.4. The minimum atomic E-state index is -3.45. The number of carbonyl (C=O) groups excluding carboxylic acids is 1. The summed E-state index contributed by atoms with van der Waals surface area (Å²) in [4.78, 5) is 16.1. The number of para-hydroxylation sites is 1. The van der Waals surface area contributed by atoms with E-state index in [0.29, 0.717) is 17.5 Å². The minimum absolute atomic E-state index is 0.190. The molecule has 2 aromatic carbocycles. The second-order valence-electron chi connectivity index (χ2n) is 5.00. The molecule has 2 aromatic rings. The monoisotopic (exact) mass is 329 g/mol. The molecule has 0 aromatic heterocycles. The fourth-order valence-corrected chi connectivity index (χ4v) is 3.08. The van der Waals surface area contributed by atoms with E-state index in [2.05, 4.69) is 15.0 Å². The van der Waals surface area contributed by atoms with Crippen molar-refractivity contribution in [3.8, 4) is 0 Å². The number of benzene rings is 2. The van der Waals surface area contributed by atoms with Gasteiger partial charge in [0.05, 0.1) is 10.3 Å². The highest BCUT2D eigenvalue weighted by Gasteiger charge is 2.16. The highest BCUT2D eigenvalue weighted by Crippen LogP contribution is 2.14. The Kier molecular flexibility index (Phi) is 3.97. The Morgan fingerprint density at radius 2 is 1.74 bits per heavy atom. The van der Waals surface area contributed by atoms with Crippen LogP contribution in [0.3, 0.4) is 0 Å². The molecule has 0 radical (unpaired) electrons. The number of rotatable bonds is 5. The van der Waals surface area contributed by atoms with Crippen LogP contribution in [-0.4, -0.2) is 27.9 Å². The molecule has 1 amide bonds. The van der Waals surface area contributed by atoms with Gasteiger partial charge in [0.2, 0.25) is 10.0 Å². The van der Waals surface area contributed by atoms with Gasteiger partial charge in [-0.3, -0.25) is 4.79 Å². The zero-order chi connectivity index (χ0) is 16.4. The third kappa shape index (κ3) is 3.01. The van der Waals surface area contributed by atoms with Crippen molar-refractivity contribution < 1.29 is 13.2 Å². The smallest absolute Gasteiger partial charge is 0.275 e. The van der Waals surface area contributed by atoms with Crippen LogP contribution in [0.5, 0.6) is 0 Å². The van der Waals surface area contributed by atoms with Crippen LogP contribution in [0.2, 0.25) is 0 Å². The van der Waals surface area contributed by atoms with Crippen molar-refractivity contribution in [2.24, 2.45) is 4.99 Å². The zero-order valence-electron chi connectivity index (χ0n) is 12.4. The molecule has 7 heteroatoms. The maximum atomic E-state index is 11.9. The quantitative estimate of drug-likeness (QED) is 0.809. The third-order valence-electron chi connectivity index (χ3n) is 3.61. The van der Waals surface area contributed by atoms with Gasteiger partial charge in [-0.15, -0.1) is 0 Å². The highest BCUT2D eigenvalue weighted by molar-refractivity contribution is 7.89. The van der Waals surface area contributed by atoms with Gasteiger partial charge in [0.25, 0.3) is 5.91 Å². The lowest BCUT2D eigenvalue weighted by Gasteiger charge is -2.08. The molecule has 2 N–H and O–H groups in total. The molecule has 1 aliphatic heterocycles. The molecule has 0 saturated carbocycles. The van der Waals surface area contributed by atoms with Gasteiger partial charge in [-0.2, -0.15) is 0 Å². The molecule has 0 saturated heterocycles. The van der Waals surface area contributed by atoms with Gasteiger partial charge in [0.1, 0.15) is 0 Å². The molecule has 1 heterocycles. The number of carbonyl (C=O) groups is 1. The average molecular weight is 329 g/mol. The number of hydrogen-bond acceptors (Lipinski definition) is 4. The van der Waals surface area contributed by atoms with Crippen LogP contribution in [0.25, 0.3) is 5.57 Å². The van der Waals surface area contributed by atoms with Gasteiger partial charge in [-0.25, -0.2) is 18.1 Å². The maximum absolute atomic E-state index is 11.9. The van der Waals surface area contributed by atoms with Crippen molar-refractivity contribution in [1.29, 1.82) is 0 Å². The molecule has 0 atom stereocenters.